The van der Waals surface area contributed by atoms with Gasteiger partial charge in [-0.3, -0.25) is 14.7 Å². The van der Waals surface area contributed by atoms with Crippen molar-refractivity contribution in [2.75, 3.05) is 5.32 Å². The van der Waals surface area contributed by atoms with Gasteiger partial charge in [-0.05, 0) is 17.7 Å². The van der Waals surface area contributed by atoms with Gasteiger partial charge in [-0.2, -0.15) is 0 Å². The van der Waals surface area contributed by atoms with Gasteiger partial charge in [0.1, 0.15) is 30.0 Å². The van der Waals surface area contributed by atoms with E-state index in [1.165, 1.54) is 24.9 Å². The maximum absolute atomic E-state index is 11.5. The summed E-state index contributed by atoms with van der Waals surface area (Å²) in [6, 6.07) is 8.33. The lowest BCUT2D eigenvalue weighted by Crippen LogP contribution is -2.01. The molecule has 9 nitrogen and oxygen atoms in total. The molecule has 128 valence electrons. The Morgan fingerprint density at radius 1 is 1.15 bits per heavy atom. The first-order chi connectivity index (χ1) is 12.7. The van der Waals surface area contributed by atoms with Crippen molar-refractivity contribution >= 4 is 17.2 Å². The van der Waals surface area contributed by atoms with Crippen LogP contribution in [0.4, 0.5) is 17.2 Å². The lowest BCUT2D eigenvalue weighted by Gasteiger charge is -2.09. The van der Waals surface area contributed by atoms with Gasteiger partial charge in [-0.25, -0.2) is 15.0 Å². The predicted octanol–water partition coefficient (Wildman–Crippen LogP) is 3.57. The molecule has 0 aliphatic carbocycles. The van der Waals surface area contributed by atoms with Gasteiger partial charge >= 0.3 is 0 Å². The number of furan rings is 1. The lowest BCUT2D eigenvalue weighted by atomic mass is 10.1. The second-order valence-electron chi connectivity index (χ2n) is 5.36. The third kappa shape index (κ3) is 3.00. The fraction of sp³-hybridized carbons (Fsp3) is 0. The Morgan fingerprint density at radius 2 is 2.08 bits per heavy atom. The van der Waals surface area contributed by atoms with Crippen molar-refractivity contribution in [3.63, 3.8) is 0 Å². The van der Waals surface area contributed by atoms with Gasteiger partial charge in [0.25, 0.3) is 5.69 Å². The van der Waals surface area contributed by atoms with Crippen molar-refractivity contribution in [1.82, 2.24) is 19.5 Å². The molecule has 0 amide bonds. The SMILES string of the molecule is O=[N+]([O-])c1cc(-c2ccoc2)ccc1Nc1cc(-n2ccnc2)ncn1. The fourth-order valence-corrected chi connectivity index (χ4v) is 2.49. The molecular formula is C17H12N6O3. The molecule has 9 heteroatoms. The highest BCUT2D eigenvalue weighted by molar-refractivity contribution is 5.75. The number of nitrogens with zero attached hydrogens (tertiary/aromatic N) is 5. The van der Waals surface area contributed by atoms with Crippen LogP contribution in [-0.2, 0) is 0 Å². The summed E-state index contributed by atoms with van der Waals surface area (Å²) in [6.07, 6.45) is 9.42. The van der Waals surface area contributed by atoms with Crippen molar-refractivity contribution in [2.24, 2.45) is 0 Å². The number of benzene rings is 1. The minimum Gasteiger partial charge on any atom is -0.472 e. The summed E-state index contributed by atoms with van der Waals surface area (Å²) in [5, 5.41) is 14.5. The topological polar surface area (TPSA) is 112 Å². The first-order valence-electron chi connectivity index (χ1n) is 7.59. The molecule has 0 aliphatic rings. The van der Waals surface area contributed by atoms with Crippen LogP contribution in [0.1, 0.15) is 0 Å². The largest absolute Gasteiger partial charge is 0.472 e. The van der Waals surface area contributed by atoms with E-state index in [1.807, 2.05) is 0 Å². The van der Waals surface area contributed by atoms with Crippen molar-refractivity contribution < 1.29 is 9.34 Å². The molecule has 0 atom stereocenters. The van der Waals surface area contributed by atoms with Crippen LogP contribution in [-0.4, -0.2) is 24.4 Å². The molecule has 0 fully saturated rings. The minimum absolute atomic E-state index is 0.0634. The lowest BCUT2D eigenvalue weighted by molar-refractivity contribution is -0.383. The highest BCUT2D eigenvalue weighted by Crippen LogP contribution is 2.32. The maximum atomic E-state index is 11.5. The third-order valence-corrected chi connectivity index (χ3v) is 3.73. The molecule has 0 unspecified atom stereocenters. The van der Waals surface area contributed by atoms with Crippen LogP contribution >= 0.6 is 0 Å². The number of hydrogen-bond donors (Lipinski definition) is 1. The zero-order chi connectivity index (χ0) is 17.9. The summed E-state index contributed by atoms with van der Waals surface area (Å²) < 4.78 is 6.75. The van der Waals surface area contributed by atoms with Gasteiger partial charge < -0.3 is 9.73 Å². The molecule has 0 saturated heterocycles. The average molecular weight is 348 g/mol. The molecular weight excluding hydrogens is 336 g/mol. The van der Waals surface area contributed by atoms with Crippen molar-refractivity contribution in [3.05, 3.63) is 78.0 Å². The Hall–Kier alpha value is -4.01. The van der Waals surface area contributed by atoms with Gasteiger partial charge in [-0.1, -0.05) is 6.07 Å². The van der Waals surface area contributed by atoms with Crippen LogP contribution in [0.2, 0.25) is 0 Å². The molecule has 0 bridgehead atoms. The van der Waals surface area contributed by atoms with Crippen LogP contribution in [0.3, 0.4) is 0 Å². The molecule has 26 heavy (non-hydrogen) atoms. The normalized spacial score (nSPS) is 10.6. The Morgan fingerprint density at radius 3 is 2.81 bits per heavy atom. The molecule has 4 rings (SSSR count). The highest BCUT2D eigenvalue weighted by Gasteiger charge is 2.16. The third-order valence-electron chi connectivity index (χ3n) is 3.73. The van der Waals surface area contributed by atoms with E-state index in [0.29, 0.717) is 22.9 Å². The van der Waals surface area contributed by atoms with E-state index in [9.17, 15) is 10.1 Å². The Labute approximate surface area is 147 Å². The van der Waals surface area contributed by atoms with E-state index < -0.39 is 4.92 Å². The smallest absolute Gasteiger partial charge is 0.293 e. The number of nitro groups is 1. The second-order valence-corrected chi connectivity index (χ2v) is 5.36. The summed E-state index contributed by atoms with van der Waals surface area (Å²) in [6.45, 7) is 0. The maximum Gasteiger partial charge on any atom is 0.293 e. The van der Waals surface area contributed by atoms with E-state index in [2.05, 4.69) is 20.3 Å². The predicted molar refractivity (Wildman–Crippen MR) is 93.2 cm³/mol. The van der Waals surface area contributed by atoms with E-state index in [0.717, 1.165) is 5.56 Å². The number of anilines is 2. The van der Waals surface area contributed by atoms with E-state index >= 15 is 0 Å². The van der Waals surface area contributed by atoms with Crippen molar-refractivity contribution in [3.8, 4) is 16.9 Å². The van der Waals surface area contributed by atoms with Crippen molar-refractivity contribution in [2.45, 2.75) is 0 Å². The van der Waals surface area contributed by atoms with Gasteiger partial charge in [0, 0.05) is 30.1 Å². The van der Waals surface area contributed by atoms with Crippen LogP contribution in [0.5, 0.6) is 0 Å². The number of hydrogen-bond acceptors (Lipinski definition) is 7. The molecule has 0 radical (unpaired) electrons. The number of nitro benzene ring substituents is 1. The van der Waals surface area contributed by atoms with Gasteiger partial charge in [0.15, 0.2) is 0 Å². The number of imidazole rings is 1. The molecule has 3 heterocycles. The van der Waals surface area contributed by atoms with E-state index in [1.54, 1.807) is 47.6 Å². The first kappa shape index (κ1) is 15.5. The molecule has 4 aromatic rings. The summed E-state index contributed by atoms with van der Waals surface area (Å²) >= 11 is 0. The molecule has 1 N–H and O–H groups in total. The van der Waals surface area contributed by atoms with Gasteiger partial charge in [-0.15, -0.1) is 0 Å². The zero-order valence-corrected chi connectivity index (χ0v) is 13.3. The van der Waals surface area contributed by atoms with E-state index in [4.69, 9.17) is 4.42 Å². The highest BCUT2D eigenvalue weighted by atomic mass is 16.6. The summed E-state index contributed by atoms with van der Waals surface area (Å²) in [5.41, 5.74) is 1.73. The van der Waals surface area contributed by atoms with Crippen LogP contribution in [0.15, 0.2) is 72.3 Å². The Bertz CT molecular complexity index is 1040. The standard InChI is InChI=1S/C17H12N6O3/c24-23(25)15-7-12(13-3-6-26-9-13)1-2-14(15)21-16-8-17(20-10-19-16)22-5-4-18-11-22/h1-11H,(H,19,20,21). The first-order valence-corrected chi connectivity index (χ1v) is 7.59. The van der Waals surface area contributed by atoms with Gasteiger partial charge in [0.2, 0.25) is 0 Å². The van der Waals surface area contributed by atoms with Gasteiger partial charge in [0.05, 0.1) is 17.4 Å². The quantitative estimate of drug-likeness (QED) is 0.433. The number of nitrogens with one attached hydrogen (secondary N) is 1. The van der Waals surface area contributed by atoms with Crippen molar-refractivity contribution in [1.29, 1.82) is 0 Å². The molecule has 3 aromatic heterocycles. The number of rotatable bonds is 5. The molecule has 0 saturated carbocycles. The summed E-state index contributed by atoms with van der Waals surface area (Å²) in [7, 11) is 0. The van der Waals surface area contributed by atoms with E-state index in [-0.39, 0.29) is 5.69 Å². The average Bonchev–Trinajstić information content (AvgIpc) is 3.36. The van der Waals surface area contributed by atoms with Crippen LogP contribution < -0.4 is 5.32 Å². The second kappa shape index (κ2) is 6.48. The summed E-state index contributed by atoms with van der Waals surface area (Å²) in [4.78, 5) is 23.3. The minimum atomic E-state index is -0.441. The van der Waals surface area contributed by atoms with Crippen LogP contribution in [0, 0.1) is 10.1 Å². The Balaban J connectivity index is 1.68. The molecule has 1 aromatic carbocycles. The van der Waals surface area contributed by atoms with Crippen LogP contribution in [0.25, 0.3) is 16.9 Å². The fourth-order valence-electron chi connectivity index (χ4n) is 2.49. The summed E-state index contributed by atoms with van der Waals surface area (Å²) in [5.74, 6) is 1.03. The monoisotopic (exact) mass is 348 g/mol. The zero-order valence-electron chi connectivity index (χ0n) is 13.3. The molecule has 0 spiro atoms. The Kier molecular flexibility index (Phi) is 3.86. The number of aromatic nitrogens is 4. The molecule has 0 aliphatic heterocycles.